The van der Waals surface area contributed by atoms with Crippen LogP contribution in [0.4, 0.5) is 0 Å². The fourth-order valence-corrected chi connectivity index (χ4v) is 2.92. The Hall–Kier alpha value is -0.610. The van der Waals surface area contributed by atoms with E-state index in [1.807, 2.05) is 6.92 Å². The average molecular weight is 268 g/mol. The van der Waals surface area contributed by atoms with Crippen LogP contribution in [-0.2, 0) is 9.53 Å². The van der Waals surface area contributed by atoms with E-state index in [0.29, 0.717) is 12.5 Å². The number of rotatable bonds is 7. The molecule has 1 amide bonds. The standard InChI is InChI=1S/C15H28N2O2/c1-2-14(19-12-6-4-3-5-7-12)15(18)17-13(10-16)11-8-9-11/h11-14H,2-10,16H2,1H3,(H,17,18). The summed E-state index contributed by atoms with van der Waals surface area (Å²) in [5.74, 6) is 0.636. The molecular formula is C15H28N2O2. The van der Waals surface area contributed by atoms with Gasteiger partial charge in [0.1, 0.15) is 6.10 Å². The lowest BCUT2D eigenvalue weighted by Gasteiger charge is -2.27. The normalized spacial score (nSPS) is 23.9. The van der Waals surface area contributed by atoms with Gasteiger partial charge in [-0.3, -0.25) is 4.79 Å². The fourth-order valence-electron chi connectivity index (χ4n) is 2.92. The highest BCUT2D eigenvalue weighted by atomic mass is 16.5. The van der Waals surface area contributed by atoms with E-state index in [1.54, 1.807) is 0 Å². The van der Waals surface area contributed by atoms with Crippen LogP contribution in [0, 0.1) is 5.92 Å². The van der Waals surface area contributed by atoms with Crippen molar-refractivity contribution in [2.24, 2.45) is 11.7 Å². The Balaban J connectivity index is 1.79. The van der Waals surface area contributed by atoms with Crippen molar-refractivity contribution < 1.29 is 9.53 Å². The first-order valence-corrected chi connectivity index (χ1v) is 7.90. The Morgan fingerprint density at radius 2 is 1.95 bits per heavy atom. The van der Waals surface area contributed by atoms with Crippen LogP contribution in [0.1, 0.15) is 58.3 Å². The maximum Gasteiger partial charge on any atom is 0.249 e. The molecule has 19 heavy (non-hydrogen) atoms. The summed E-state index contributed by atoms with van der Waals surface area (Å²) in [4.78, 5) is 12.3. The molecular weight excluding hydrogens is 240 g/mol. The van der Waals surface area contributed by atoms with Crippen molar-refractivity contribution in [3.8, 4) is 0 Å². The minimum atomic E-state index is -0.295. The Morgan fingerprint density at radius 3 is 2.47 bits per heavy atom. The van der Waals surface area contributed by atoms with E-state index in [1.165, 1.54) is 32.1 Å². The molecule has 4 heteroatoms. The minimum Gasteiger partial charge on any atom is -0.365 e. The first-order valence-electron chi connectivity index (χ1n) is 7.90. The second kappa shape index (κ2) is 7.25. The largest absolute Gasteiger partial charge is 0.365 e. The van der Waals surface area contributed by atoms with E-state index < -0.39 is 0 Å². The number of amides is 1. The Morgan fingerprint density at radius 1 is 1.26 bits per heavy atom. The van der Waals surface area contributed by atoms with Crippen molar-refractivity contribution in [2.45, 2.75) is 76.5 Å². The molecule has 2 aliphatic rings. The minimum absolute atomic E-state index is 0.0374. The lowest BCUT2D eigenvalue weighted by Crippen LogP contribution is -2.47. The van der Waals surface area contributed by atoms with Gasteiger partial charge in [-0.25, -0.2) is 0 Å². The van der Waals surface area contributed by atoms with Gasteiger partial charge >= 0.3 is 0 Å². The zero-order valence-electron chi connectivity index (χ0n) is 12.1. The molecule has 2 fully saturated rings. The molecule has 0 aromatic heterocycles. The lowest BCUT2D eigenvalue weighted by atomic mass is 9.97. The topological polar surface area (TPSA) is 64.3 Å². The Kier molecular flexibility index (Phi) is 5.64. The SMILES string of the molecule is CCC(OC1CCCCC1)C(=O)NC(CN)C1CC1. The van der Waals surface area contributed by atoms with E-state index in [0.717, 1.165) is 19.3 Å². The van der Waals surface area contributed by atoms with Crippen LogP contribution < -0.4 is 11.1 Å². The zero-order valence-corrected chi connectivity index (χ0v) is 12.1. The summed E-state index contributed by atoms with van der Waals surface area (Å²) in [5.41, 5.74) is 5.73. The van der Waals surface area contributed by atoms with Crippen molar-refractivity contribution in [3.63, 3.8) is 0 Å². The monoisotopic (exact) mass is 268 g/mol. The van der Waals surface area contributed by atoms with E-state index in [2.05, 4.69) is 5.32 Å². The van der Waals surface area contributed by atoms with Gasteiger partial charge in [-0.05, 0) is 38.0 Å². The molecule has 4 nitrogen and oxygen atoms in total. The van der Waals surface area contributed by atoms with Crippen LogP contribution in [0.15, 0.2) is 0 Å². The molecule has 0 radical (unpaired) electrons. The van der Waals surface area contributed by atoms with Gasteiger partial charge in [0.05, 0.1) is 6.10 Å². The van der Waals surface area contributed by atoms with Crippen LogP contribution in [0.25, 0.3) is 0 Å². The fraction of sp³-hybridized carbons (Fsp3) is 0.933. The van der Waals surface area contributed by atoms with E-state index >= 15 is 0 Å². The van der Waals surface area contributed by atoms with E-state index in [9.17, 15) is 4.79 Å². The molecule has 0 aromatic rings. The van der Waals surface area contributed by atoms with Gasteiger partial charge in [-0.2, -0.15) is 0 Å². The summed E-state index contributed by atoms with van der Waals surface area (Å²) >= 11 is 0. The Labute approximate surface area is 116 Å². The molecule has 0 spiro atoms. The summed E-state index contributed by atoms with van der Waals surface area (Å²) < 4.78 is 6.00. The number of nitrogens with two attached hydrogens (primary N) is 1. The zero-order chi connectivity index (χ0) is 13.7. The first kappa shape index (κ1) is 14.8. The van der Waals surface area contributed by atoms with Crippen LogP contribution in [-0.4, -0.2) is 30.7 Å². The summed E-state index contributed by atoms with van der Waals surface area (Å²) in [5, 5.41) is 3.08. The highest BCUT2D eigenvalue weighted by Crippen LogP contribution is 2.32. The van der Waals surface area contributed by atoms with Crippen LogP contribution >= 0.6 is 0 Å². The van der Waals surface area contributed by atoms with Gasteiger partial charge in [0, 0.05) is 12.6 Å². The molecule has 2 saturated carbocycles. The molecule has 0 aromatic carbocycles. The van der Waals surface area contributed by atoms with Crippen molar-refractivity contribution in [1.82, 2.24) is 5.32 Å². The quantitative estimate of drug-likeness (QED) is 0.742. The molecule has 110 valence electrons. The average Bonchev–Trinajstić information content (AvgIpc) is 3.27. The van der Waals surface area contributed by atoms with Gasteiger partial charge in [0.15, 0.2) is 0 Å². The second-order valence-electron chi connectivity index (χ2n) is 5.98. The van der Waals surface area contributed by atoms with Crippen molar-refractivity contribution in [3.05, 3.63) is 0 Å². The van der Waals surface area contributed by atoms with Crippen LogP contribution in [0.5, 0.6) is 0 Å². The van der Waals surface area contributed by atoms with Crippen molar-refractivity contribution in [1.29, 1.82) is 0 Å². The molecule has 3 N–H and O–H groups in total. The van der Waals surface area contributed by atoms with Crippen LogP contribution in [0.2, 0.25) is 0 Å². The number of carbonyl (C=O) groups excluding carboxylic acids is 1. The summed E-state index contributed by atoms with van der Waals surface area (Å²) in [7, 11) is 0. The van der Waals surface area contributed by atoms with Gasteiger partial charge in [-0.15, -0.1) is 0 Å². The van der Waals surface area contributed by atoms with Gasteiger partial charge < -0.3 is 15.8 Å². The van der Waals surface area contributed by atoms with Crippen molar-refractivity contribution in [2.75, 3.05) is 6.54 Å². The molecule has 2 rings (SSSR count). The van der Waals surface area contributed by atoms with Gasteiger partial charge in [0.2, 0.25) is 5.91 Å². The number of hydrogen-bond donors (Lipinski definition) is 2. The number of carbonyl (C=O) groups is 1. The summed E-state index contributed by atoms with van der Waals surface area (Å²) in [6.45, 7) is 2.55. The smallest absolute Gasteiger partial charge is 0.249 e. The van der Waals surface area contributed by atoms with E-state index in [-0.39, 0.29) is 24.2 Å². The number of nitrogens with one attached hydrogen (secondary N) is 1. The molecule has 2 aliphatic carbocycles. The first-order chi connectivity index (χ1) is 9.24. The van der Waals surface area contributed by atoms with Crippen LogP contribution in [0.3, 0.4) is 0 Å². The van der Waals surface area contributed by atoms with Crippen molar-refractivity contribution >= 4 is 5.91 Å². The third kappa shape index (κ3) is 4.46. The number of hydrogen-bond acceptors (Lipinski definition) is 3. The lowest BCUT2D eigenvalue weighted by molar-refractivity contribution is -0.139. The molecule has 0 aliphatic heterocycles. The molecule has 0 saturated heterocycles. The molecule has 2 unspecified atom stereocenters. The highest BCUT2D eigenvalue weighted by Gasteiger charge is 2.33. The van der Waals surface area contributed by atoms with Gasteiger partial charge in [0.25, 0.3) is 0 Å². The maximum absolute atomic E-state index is 12.3. The maximum atomic E-state index is 12.3. The second-order valence-corrected chi connectivity index (χ2v) is 5.98. The highest BCUT2D eigenvalue weighted by molar-refractivity contribution is 5.81. The molecule has 2 atom stereocenters. The summed E-state index contributed by atoms with van der Waals surface area (Å²) in [6.07, 6.45) is 9.10. The predicted molar refractivity (Wildman–Crippen MR) is 75.7 cm³/mol. The molecule has 0 bridgehead atoms. The summed E-state index contributed by atoms with van der Waals surface area (Å²) in [6, 6.07) is 0.150. The predicted octanol–water partition coefficient (Wildman–Crippen LogP) is 1.97. The van der Waals surface area contributed by atoms with Gasteiger partial charge in [-0.1, -0.05) is 26.2 Å². The Bertz CT molecular complexity index is 286. The third-order valence-electron chi connectivity index (χ3n) is 4.34. The number of ether oxygens (including phenoxy) is 1. The third-order valence-corrected chi connectivity index (χ3v) is 4.34. The molecule has 0 heterocycles. The van der Waals surface area contributed by atoms with E-state index in [4.69, 9.17) is 10.5 Å².